The van der Waals surface area contributed by atoms with Crippen molar-refractivity contribution >= 4 is 17.2 Å². The third-order valence-electron chi connectivity index (χ3n) is 2.37. The number of aromatic nitrogens is 1. The molecule has 0 radical (unpaired) electrons. The zero-order valence-corrected chi connectivity index (χ0v) is 10.1. The van der Waals surface area contributed by atoms with E-state index in [4.69, 9.17) is 0 Å². The summed E-state index contributed by atoms with van der Waals surface area (Å²) >= 11 is 1.56. The number of nitrogens with one attached hydrogen (secondary N) is 1. The van der Waals surface area contributed by atoms with Gasteiger partial charge in [0.1, 0.15) is 4.88 Å². The molecule has 0 spiro atoms. The van der Waals surface area contributed by atoms with Crippen molar-refractivity contribution in [1.29, 1.82) is 0 Å². The molecular weight excluding hydrogens is 208 g/mol. The van der Waals surface area contributed by atoms with Gasteiger partial charge in [-0.1, -0.05) is 0 Å². The van der Waals surface area contributed by atoms with E-state index in [-0.39, 0.29) is 11.9 Å². The predicted octanol–water partition coefficient (Wildman–Crippen LogP) is 2.47. The van der Waals surface area contributed by atoms with Crippen molar-refractivity contribution in [2.75, 3.05) is 0 Å². The monoisotopic (exact) mass is 224 g/mol. The summed E-state index contributed by atoms with van der Waals surface area (Å²) in [4.78, 5) is 17.0. The Hall–Kier alpha value is -0.900. The minimum Gasteiger partial charge on any atom is -0.349 e. The van der Waals surface area contributed by atoms with Crippen molar-refractivity contribution in [2.24, 2.45) is 0 Å². The van der Waals surface area contributed by atoms with Crippen LogP contribution >= 0.6 is 11.3 Å². The minimum absolute atomic E-state index is 0.0203. The number of thiazole rings is 1. The van der Waals surface area contributed by atoms with E-state index in [1.165, 1.54) is 12.8 Å². The third-order valence-corrected chi connectivity index (χ3v) is 3.68. The molecule has 3 nitrogen and oxygen atoms in total. The lowest BCUT2D eigenvalue weighted by atomic mass is 10.3. The Labute approximate surface area is 93.9 Å². The number of carbonyl (C=O) groups is 1. The molecule has 2 rings (SSSR count). The number of carbonyl (C=O) groups excluding carboxylic acids is 1. The Morgan fingerprint density at radius 3 is 2.73 bits per heavy atom. The van der Waals surface area contributed by atoms with Crippen LogP contribution < -0.4 is 5.32 Å². The van der Waals surface area contributed by atoms with E-state index in [2.05, 4.69) is 10.3 Å². The van der Waals surface area contributed by atoms with Gasteiger partial charge in [-0.15, -0.1) is 11.3 Å². The van der Waals surface area contributed by atoms with Crippen LogP contribution in [0.15, 0.2) is 0 Å². The second kappa shape index (κ2) is 3.93. The van der Waals surface area contributed by atoms with Gasteiger partial charge in [-0.3, -0.25) is 4.79 Å². The maximum Gasteiger partial charge on any atom is 0.263 e. The van der Waals surface area contributed by atoms with Gasteiger partial charge in [0, 0.05) is 12.0 Å². The van der Waals surface area contributed by atoms with E-state index in [9.17, 15) is 4.79 Å². The molecule has 1 aromatic rings. The van der Waals surface area contributed by atoms with Crippen molar-refractivity contribution in [2.45, 2.75) is 45.6 Å². The van der Waals surface area contributed by atoms with Crippen molar-refractivity contribution in [3.05, 3.63) is 15.6 Å². The zero-order valence-electron chi connectivity index (χ0n) is 9.33. The fraction of sp³-hybridized carbons (Fsp3) is 0.636. The van der Waals surface area contributed by atoms with Gasteiger partial charge in [0.2, 0.25) is 0 Å². The van der Waals surface area contributed by atoms with Gasteiger partial charge in [0.25, 0.3) is 5.91 Å². The molecule has 0 unspecified atom stereocenters. The molecule has 0 saturated heterocycles. The highest BCUT2D eigenvalue weighted by Crippen LogP contribution is 2.42. The van der Waals surface area contributed by atoms with Gasteiger partial charge < -0.3 is 5.32 Å². The lowest BCUT2D eigenvalue weighted by molar-refractivity contribution is 0.0946. The predicted molar refractivity (Wildman–Crippen MR) is 61.4 cm³/mol. The van der Waals surface area contributed by atoms with E-state index in [0.717, 1.165) is 15.6 Å². The largest absolute Gasteiger partial charge is 0.349 e. The summed E-state index contributed by atoms with van der Waals surface area (Å²) in [6.07, 6.45) is 2.47. The summed E-state index contributed by atoms with van der Waals surface area (Å²) in [6.45, 7) is 5.85. The van der Waals surface area contributed by atoms with E-state index in [0.29, 0.717) is 5.92 Å². The number of rotatable bonds is 3. The lowest BCUT2D eigenvalue weighted by Crippen LogP contribution is -2.29. The maximum absolute atomic E-state index is 11.8. The number of nitrogens with zero attached hydrogens (tertiary/aromatic N) is 1. The first-order valence-electron chi connectivity index (χ1n) is 5.36. The third kappa shape index (κ3) is 2.37. The topological polar surface area (TPSA) is 42.0 Å². The van der Waals surface area contributed by atoms with Crippen LogP contribution in [0.1, 0.15) is 53.0 Å². The first-order valence-corrected chi connectivity index (χ1v) is 6.17. The van der Waals surface area contributed by atoms with Crippen molar-refractivity contribution < 1.29 is 4.79 Å². The summed E-state index contributed by atoms with van der Waals surface area (Å²) in [7, 11) is 0. The Morgan fingerprint density at radius 1 is 1.53 bits per heavy atom. The molecule has 1 aliphatic rings. The molecule has 1 heterocycles. The molecule has 1 aliphatic carbocycles. The fourth-order valence-electron chi connectivity index (χ4n) is 1.46. The molecule has 82 valence electrons. The van der Waals surface area contributed by atoms with Gasteiger partial charge in [-0.05, 0) is 33.6 Å². The van der Waals surface area contributed by atoms with E-state index < -0.39 is 0 Å². The SMILES string of the molecule is Cc1nc(C2CC2)sc1C(=O)NC(C)C. The van der Waals surface area contributed by atoms with Crippen LogP contribution in [0.3, 0.4) is 0 Å². The molecule has 1 aromatic heterocycles. The van der Waals surface area contributed by atoms with Crippen LogP contribution in [0.4, 0.5) is 0 Å². The zero-order chi connectivity index (χ0) is 11.0. The minimum atomic E-state index is 0.0203. The maximum atomic E-state index is 11.8. The first-order chi connectivity index (χ1) is 7.08. The number of amides is 1. The van der Waals surface area contributed by atoms with Crippen molar-refractivity contribution in [3.8, 4) is 0 Å². The quantitative estimate of drug-likeness (QED) is 0.857. The van der Waals surface area contributed by atoms with Gasteiger partial charge in [-0.2, -0.15) is 0 Å². The molecule has 0 aliphatic heterocycles. The number of aryl methyl sites for hydroxylation is 1. The summed E-state index contributed by atoms with van der Waals surface area (Å²) < 4.78 is 0. The fourth-order valence-corrected chi connectivity index (χ4v) is 2.60. The molecule has 0 bridgehead atoms. The summed E-state index contributed by atoms with van der Waals surface area (Å²) in [5.74, 6) is 0.654. The molecule has 1 saturated carbocycles. The summed E-state index contributed by atoms with van der Waals surface area (Å²) in [5.41, 5.74) is 0.875. The molecular formula is C11H16N2OS. The summed E-state index contributed by atoms with van der Waals surface area (Å²) in [5, 5.41) is 4.04. The standard InChI is InChI=1S/C11H16N2OS/c1-6(2)12-10(14)9-7(3)13-11(15-9)8-4-5-8/h6,8H,4-5H2,1-3H3,(H,12,14). The molecule has 1 fully saturated rings. The Bertz CT molecular complexity index is 380. The van der Waals surface area contributed by atoms with Crippen LogP contribution in [0.25, 0.3) is 0 Å². The van der Waals surface area contributed by atoms with E-state index >= 15 is 0 Å². The smallest absolute Gasteiger partial charge is 0.263 e. The van der Waals surface area contributed by atoms with Crippen LogP contribution in [-0.4, -0.2) is 16.9 Å². The summed E-state index contributed by atoms with van der Waals surface area (Å²) in [6, 6.07) is 0.184. The molecule has 0 atom stereocenters. The highest BCUT2D eigenvalue weighted by molar-refractivity contribution is 7.13. The Kier molecular flexibility index (Phi) is 2.78. The van der Waals surface area contributed by atoms with Crippen LogP contribution in [0.2, 0.25) is 0 Å². The molecule has 15 heavy (non-hydrogen) atoms. The molecule has 4 heteroatoms. The highest BCUT2D eigenvalue weighted by Gasteiger charge is 2.28. The normalized spacial score (nSPS) is 15.7. The van der Waals surface area contributed by atoms with Gasteiger partial charge >= 0.3 is 0 Å². The van der Waals surface area contributed by atoms with Crippen LogP contribution in [-0.2, 0) is 0 Å². The average Bonchev–Trinajstić information content (AvgIpc) is 2.89. The second-order valence-electron chi connectivity index (χ2n) is 4.37. The van der Waals surface area contributed by atoms with Gasteiger partial charge in [0.05, 0.1) is 10.7 Å². The molecule has 1 amide bonds. The highest BCUT2D eigenvalue weighted by atomic mass is 32.1. The molecule has 0 aromatic carbocycles. The first kappa shape index (κ1) is 10.6. The van der Waals surface area contributed by atoms with Crippen molar-refractivity contribution in [3.63, 3.8) is 0 Å². The van der Waals surface area contributed by atoms with Crippen molar-refractivity contribution in [1.82, 2.24) is 10.3 Å². The molecule has 1 N–H and O–H groups in total. The van der Waals surface area contributed by atoms with Crippen LogP contribution in [0, 0.1) is 6.92 Å². The number of hydrogen-bond acceptors (Lipinski definition) is 3. The lowest BCUT2D eigenvalue weighted by Gasteiger charge is -2.06. The second-order valence-corrected chi connectivity index (χ2v) is 5.40. The van der Waals surface area contributed by atoms with E-state index in [1.54, 1.807) is 11.3 Å². The average molecular weight is 224 g/mol. The van der Waals surface area contributed by atoms with Crippen LogP contribution in [0.5, 0.6) is 0 Å². The Morgan fingerprint density at radius 2 is 2.20 bits per heavy atom. The Balaban J connectivity index is 2.16. The number of hydrogen-bond donors (Lipinski definition) is 1. The van der Waals surface area contributed by atoms with E-state index in [1.807, 2.05) is 20.8 Å². The van der Waals surface area contributed by atoms with Gasteiger partial charge in [0.15, 0.2) is 0 Å². The van der Waals surface area contributed by atoms with Gasteiger partial charge in [-0.25, -0.2) is 4.98 Å².